The third-order valence-electron chi connectivity index (χ3n) is 4.67. The van der Waals surface area contributed by atoms with Crippen LogP contribution in [-0.4, -0.2) is 27.8 Å². The number of ether oxygens (including phenoxy) is 1. The molecule has 108 valence electrons. The number of fused-ring (bicyclic) bond motifs is 1. The zero-order valence-corrected chi connectivity index (χ0v) is 12.5. The highest BCUT2D eigenvalue weighted by atomic mass is 16.5. The highest BCUT2D eigenvalue weighted by molar-refractivity contribution is 5.76. The Kier molecular flexibility index (Phi) is 2.67. The van der Waals surface area contributed by atoms with Gasteiger partial charge in [-0.2, -0.15) is 5.10 Å². The summed E-state index contributed by atoms with van der Waals surface area (Å²) in [7, 11) is 2.00. The van der Waals surface area contributed by atoms with Crippen LogP contribution in [0.2, 0.25) is 0 Å². The highest BCUT2D eigenvalue weighted by Gasteiger charge is 2.39. The normalized spacial score (nSPS) is 23.8. The summed E-state index contributed by atoms with van der Waals surface area (Å²) in [5.41, 5.74) is 5.32. The second kappa shape index (κ2) is 4.45. The largest absolute Gasteiger partial charge is 0.479 e. The van der Waals surface area contributed by atoms with Crippen molar-refractivity contribution in [3.8, 4) is 11.3 Å². The van der Waals surface area contributed by atoms with Crippen molar-refractivity contribution in [2.24, 2.45) is 12.0 Å². The average molecular weight is 281 g/mol. The summed E-state index contributed by atoms with van der Waals surface area (Å²) in [5, 5.41) is 4.30. The van der Waals surface area contributed by atoms with Crippen LogP contribution in [-0.2, 0) is 24.6 Å². The van der Waals surface area contributed by atoms with Crippen LogP contribution >= 0.6 is 0 Å². The molecule has 0 saturated carbocycles. The first-order chi connectivity index (χ1) is 10.2. The molecule has 0 amide bonds. The van der Waals surface area contributed by atoms with Gasteiger partial charge in [-0.3, -0.25) is 4.68 Å². The number of hydrogen-bond acceptors (Lipinski definition) is 3. The van der Waals surface area contributed by atoms with E-state index in [2.05, 4.69) is 29.4 Å². The van der Waals surface area contributed by atoms with Gasteiger partial charge in [-0.15, -0.1) is 0 Å². The molecular formula is C17H19N3O. The zero-order valence-electron chi connectivity index (χ0n) is 12.5. The Hall–Kier alpha value is -2.10. The molecule has 1 unspecified atom stereocenters. The predicted molar refractivity (Wildman–Crippen MR) is 82.5 cm³/mol. The lowest BCUT2D eigenvalue weighted by Gasteiger charge is -2.31. The molecule has 21 heavy (non-hydrogen) atoms. The summed E-state index contributed by atoms with van der Waals surface area (Å²) in [6.45, 7) is 2.69. The quantitative estimate of drug-likeness (QED) is 0.806. The number of aromatic nitrogens is 2. The third-order valence-corrected chi connectivity index (χ3v) is 4.67. The molecule has 0 bridgehead atoms. The van der Waals surface area contributed by atoms with Crippen molar-refractivity contribution < 1.29 is 4.74 Å². The van der Waals surface area contributed by atoms with Crippen LogP contribution in [0.5, 0.6) is 0 Å². The van der Waals surface area contributed by atoms with E-state index in [-0.39, 0.29) is 5.54 Å². The topological polar surface area (TPSA) is 39.4 Å². The first-order valence-corrected chi connectivity index (χ1v) is 7.45. The SMILES string of the molecule is CC1=NC2(CCc3c(cccc3-c3ccnn3C)C2)CO1. The van der Waals surface area contributed by atoms with Crippen LogP contribution in [0.4, 0.5) is 0 Å². The monoisotopic (exact) mass is 281 g/mol. The number of aryl methyl sites for hydroxylation is 1. The van der Waals surface area contributed by atoms with Gasteiger partial charge in [0.2, 0.25) is 0 Å². The summed E-state index contributed by atoms with van der Waals surface area (Å²) in [6, 6.07) is 8.67. The standard InChI is InChI=1S/C17H19N3O/c1-12-19-17(11-21-12)8-6-14-13(10-17)4-3-5-15(14)16-7-9-18-20(16)2/h3-5,7,9H,6,8,10-11H2,1-2H3. The molecule has 1 aliphatic carbocycles. The Morgan fingerprint density at radius 3 is 2.90 bits per heavy atom. The van der Waals surface area contributed by atoms with Crippen molar-refractivity contribution in [3.63, 3.8) is 0 Å². The van der Waals surface area contributed by atoms with Crippen LogP contribution in [0.3, 0.4) is 0 Å². The lowest BCUT2D eigenvalue weighted by atomic mass is 9.77. The van der Waals surface area contributed by atoms with Crippen LogP contribution < -0.4 is 0 Å². The van der Waals surface area contributed by atoms with Gasteiger partial charge in [0.25, 0.3) is 0 Å². The Morgan fingerprint density at radius 1 is 1.29 bits per heavy atom. The highest BCUT2D eigenvalue weighted by Crippen LogP contribution is 2.38. The molecule has 0 radical (unpaired) electrons. The second-order valence-corrected chi connectivity index (χ2v) is 6.10. The number of nitrogens with zero attached hydrogens (tertiary/aromatic N) is 3. The maximum atomic E-state index is 5.62. The fourth-order valence-corrected chi connectivity index (χ4v) is 3.63. The molecule has 0 fully saturated rings. The summed E-state index contributed by atoms with van der Waals surface area (Å²) in [6.07, 6.45) is 4.95. The van der Waals surface area contributed by atoms with E-state index in [4.69, 9.17) is 9.73 Å². The number of hydrogen-bond donors (Lipinski definition) is 0. The number of rotatable bonds is 1. The molecule has 1 spiro atoms. The van der Waals surface area contributed by atoms with E-state index in [1.165, 1.54) is 22.4 Å². The Morgan fingerprint density at radius 2 is 2.19 bits per heavy atom. The van der Waals surface area contributed by atoms with Crippen LogP contribution in [0.15, 0.2) is 35.5 Å². The fraction of sp³-hybridized carbons (Fsp3) is 0.412. The summed E-state index contributed by atoms with van der Waals surface area (Å²) < 4.78 is 7.56. The molecule has 4 nitrogen and oxygen atoms in total. The molecule has 4 rings (SSSR count). The van der Waals surface area contributed by atoms with Crippen molar-refractivity contribution >= 4 is 5.90 Å². The molecule has 0 N–H and O–H groups in total. The van der Waals surface area contributed by atoms with Gasteiger partial charge >= 0.3 is 0 Å². The van der Waals surface area contributed by atoms with E-state index in [9.17, 15) is 0 Å². The Labute approximate surface area is 124 Å². The minimum absolute atomic E-state index is 0.0256. The second-order valence-electron chi connectivity index (χ2n) is 6.10. The van der Waals surface area contributed by atoms with Gasteiger partial charge in [0, 0.05) is 32.2 Å². The smallest absolute Gasteiger partial charge is 0.180 e. The first-order valence-electron chi connectivity index (χ1n) is 7.45. The van der Waals surface area contributed by atoms with Gasteiger partial charge < -0.3 is 4.74 Å². The Bertz CT molecular complexity index is 731. The molecule has 1 aliphatic heterocycles. The molecular weight excluding hydrogens is 262 g/mol. The van der Waals surface area contributed by atoms with E-state index in [0.29, 0.717) is 0 Å². The molecule has 0 saturated heterocycles. The van der Waals surface area contributed by atoms with Crippen LogP contribution in [0.1, 0.15) is 24.5 Å². The van der Waals surface area contributed by atoms with Gasteiger partial charge in [-0.05, 0) is 30.0 Å². The number of aliphatic imine (C=N–C) groups is 1. The van der Waals surface area contributed by atoms with Gasteiger partial charge in [-0.1, -0.05) is 18.2 Å². The van der Waals surface area contributed by atoms with Crippen molar-refractivity contribution in [1.82, 2.24) is 9.78 Å². The van der Waals surface area contributed by atoms with Crippen molar-refractivity contribution in [3.05, 3.63) is 41.6 Å². The van der Waals surface area contributed by atoms with Crippen molar-refractivity contribution in [1.29, 1.82) is 0 Å². The lowest BCUT2D eigenvalue weighted by Crippen LogP contribution is -2.35. The zero-order chi connectivity index (χ0) is 14.4. The molecule has 1 aromatic heterocycles. The van der Waals surface area contributed by atoms with Crippen molar-refractivity contribution in [2.45, 2.75) is 31.7 Å². The average Bonchev–Trinajstić information content (AvgIpc) is 3.05. The minimum Gasteiger partial charge on any atom is -0.479 e. The van der Waals surface area contributed by atoms with Crippen LogP contribution in [0, 0.1) is 0 Å². The van der Waals surface area contributed by atoms with E-state index < -0.39 is 0 Å². The van der Waals surface area contributed by atoms with Gasteiger partial charge in [0.05, 0.1) is 5.69 Å². The maximum Gasteiger partial charge on any atom is 0.180 e. The van der Waals surface area contributed by atoms with E-state index in [1.807, 2.05) is 24.9 Å². The van der Waals surface area contributed by atoms with Gasteiger partial charge in [-0.25, -0.2) is 4.99 Å². The van der Waals surface area contributed by atoms with E-state index >= 15 is 0 Å². The van der Waals surface area contributed by atoms with Gasteiger partial charge in [0.15, 0.2) is 5.90 Å². The van der Waals surface area contributed by atoms with Crippen molar-refractivity contribution in [2.75, 3.05) is 6.61 Å². The summed E-state index contributed by atoms with van der Waals surface area (Å²) >= 11 is 0. The third kappa shape index (κ3) is 1.97. The molecule has 2 aliphatic rings. The Balaban J connectivity index is 1.77. The first kappa shape index (κ1) is 12.6. The molecule has 4 heteroatoms. The predicted octanol–water partition coefficient (Wildman–Crippen LogP) is 2.76. The maximum absolute atomic E-state index is 5.62. The van der Waals surface area contributed by atoms with E-state index in [0.717, 1.165) is 31.8 Å². The van der Waals surface area contributed by atoms with Crippen LogP contribution in [0.25, 0.3) is 11.3 Å². The van der Waals surface area contributed by atoms with Gasteiger partial charge in [0.1, 0.15) is 12.1 Å². The molecule has 1 atom stereocenters. The molecule has 2 aromatic rings. The molecule has 1 aromatic carbocycles. The number of benzene rings is 1. The minimum atomic E-state index is -0.0256. The molecule has 2 heterocycles. The lowest BCUT2D eigenvalue weighted by molar-refractivity contribution is 0.236. The summed E-state index contributed by atoms with van der Waals surface area (Å²) in [4.78, 5) is 4.77. The fourth-order valence-electron chi connectivity index (χ4n) is 3.63. The summed E-state index contributed by atoms with van der Waals surface area (Å²) in [5.74, 6) is 0.834. The van der Waals surface area contributed by atoms with E-state index in [1.54, 1.807) is 0 Å².